The SMILES string of the molecule is C[C@@H](OC(=O)/C=C/c1nc2ccccc2s1)C(=O)Nc1sccc1C(N)=O. The second kappa shape index (κ2) is 8.11. The number of ether oxygens (including phenoxy) is 1. The zero-order chi connectivity index (χ0) is 19.4. The van der Waals surface area contributed by atoms with E-state index in [2.05, 4.69) is 10.3 Å². The highest BCUT2D eigenvalue weighted by Gasteiger charge is 2.19. The number of esters is 1. The van der Waals surface area contributed by atoms with Crippen LogP contribution in [0, 0.1) is 0 Å². The number of thiophene rings is 1. The molecular weight excluding hydrogens is 386 g/mol. The Morgan fingerprint density at radius 1 is 1.26 bits per heavy atom. The van der Waals surface area contributed by atoms with Crippen molar-refractivity contribution in [3.8, 4) is 0 Å². The number of rotatable bonds is 6. The van der Waals surface area contributed by atoms with Gasteiger partial charge in [-0.3, -0.25) is 9.59 Å². The molecule has 0 saturated heterocycles. The van der Waals surface area contributed by atoms with Gasteiger partial charge < -0.3 is 15.8 Å². The Balaban J connectivity index is 1.58. The van der Waals surface area contributed by atoms with Crippen LogP contribution in [0.1, 0.15) is 22.3 Å². The zero-order valence-electron chi connectivity index (χ0n) is 14.2. The Kier molecular flexibility index (Phi) is 5.63. The first-order valence-electron chi connectivity index (χ1n) is 7.86. The monoisotopic (exact) mass is 401 g/mol. The van der Waals surface area contributed by atoms with Crippen molar-refractivity contribution in [2.75, 3.05) is 5.32 Å². The molecule has 0 saturated carbocycles. The van der Waals surface area contributed by atoms with E-state index in [1.165, 1.54) is 30.4 Å². The van der Waals surface area contributed by atoms with Crippen LogP contribution in [-0.2, 0) is 14.3 Å². The molecular formula is C18H15N3O4S2. The number of para-hydroxylation sites is 1. The summed E-state index contributed by atoms with van der Waals surface area (Å²) in [6.45, 7) is 1.44. The number of nitrogens with two attached hydrogens (primary N) is 1. The smallest absolute Gasteiger partial charge is 0.331 e. The summed E-state index contributed by atoms with van der Waals surface area (Å²) in [4.78, 5) is 39.7. The van der Waals surface area contributed by atoms with Gasteiger partial charge in [-0.1, -0.05) is 12.1 Å². The van der Waals surface area contributed by atoms with E-state index < -0.39 is 23.9 Å². The molecule has 0 spiro atoms. The lowest BCUT2D eigenvalue weighted by Crippen LogP contribution is -2.29. The molecule has 2 aromatic heterocycles. The van der Waals surface area contributed by atoms with Crippen LogP contribution >= 0.6 is 22.7 Å². The molecule has 2 amide bonds. The van der Waals surface area contributed by atoms with E-state index in [0.717, 1.165) is 21.6 Å². The highest BCUT2D eigenvalue weighted by molar-refractivity contribution is 7.19. The summed E-state index contributed by atoms with van der Waals surface area (Å²) >= 11 is 2.60. The maximum absolute atomic E-state index is 12.1. The summed E-state index contributed by atoms with van der Waals surface area (Å²) in [6, 6.07) is 9.15. The predicted molar refractivity (Wildman–Crippen MR) is 106 cm³/mol. The molecule has 2 heterocycles. The summed E-state index contributed by atoms with van der Waals surface area (Å²) in [5, 5.41) is 5.15. The minimum absolute atomic E-state index is 0.211. The fourth-order valence-corrected chi connectivity index (χ4v) is 3.85. The minimum Gasteiger partial charge on any atom is -0.449 e. The molecule has 3 aromatic rings. The predicted octanol–water partition coefficient (Wildman–Crippen LogP) is 3.04. The zero-order valence-corrected chi connectivity index (χ0v) is 15.8. The second-order valence-electron chi connectivity index (χ2n) is 5.45. The first-order valence-corrected chi connectivity index (χ1v) is 9.56. The molecule has 0 bridgehead atoms. The number of thiazole rings is 1. The van der Waals surface area contributed by atoms with Crippen molar-refractivity contribution in [2.45, 2.75) is 13.0 Å². The van der Waals surface area contributed by atoms with Crippen LogP contribution in [0.2, 0.25) is 0 Å². The number of primary amides is 1. The lowest BCUT2D eigenvalue weighted by molar-refractivity contribution is -0.148. The quantitative estimate of drug-likeness (QED) is 0.487. The van der Waals surface area contributed by atoms with E-state index in [1.807, 2.05) is 24.3 Å². The Hall–Kier alpha value is -3.04. The van der Waals surface area contributed by atoms with Gasteiger partial charge in [-0.15, -0.1) is 22.7 Å². The van der Waals surface area contributed by atoms with Crippen LogP contribution in [0.5, 0.6) is 0 Å². The highest BCUT2D eigenvalue weighted by atomic mass is 32.1. The average Bonchev–Trinajstić information content (AvgIpc) is 3.26. The van der Waals surface area contributed by atoms with Crippen molar-refractivity contribution in [3.05, 3.63) is 52.4 Å². The van der Waals surface area contributed by atoms with Gasteiger partial charge in [0.1, 0.15) is 10.0 Å². The van der Waals surface area contributed by atoms with E-state index in [0.29, 0.717) is 10.0 Å². The molecule has 138 valence electrons. The first kappa shape index (κ1) is 18.7. The summed E-state index contributed by atoms with van der Waals surface area (Å²) in [5.74, 6) is -1.87. The molecule has 0 unspecified atom stereocenters. The highest BCUT2D eigenvalue weighted by Crippen LogP contribution is 2.23. The third-order valence-corrected chi connectivity index (χ3v) is 5.33. The summed E-state index contributed by atoms with van der Waals surface area (Å²) < 4.78 is 6.10. The van der Waals surface area contributed by atoms with Gasteiger partial charge in [0.05, 0.1) is 15.8 Å². The van der Waals surface area contributed by atoms with Gasteiger partial charge in [-0.05, 0) is 36.6 Å². The Morgan fingerprint density at radius 3 is 2.78 bits per heavy atom. The van der Waals surface area contributed by atoms with Gasteiger partial charge in [-0.2, -0.15) is 0 Å². The van der Waals surface area contributed by atoms with E-state index in [-0.39, 0.29) is 5.56 Å². The van der Waals surface area contributed by atoms with E-state index in [4.69, 9.17) is 10.5 Å². The Labute approximate surface area is 162 Å². The molecule has 7 nitrogen and oxygen atoms in total. The fourth-order valence-electron chi connectivity index (χ4n) is 2.18. The fraction of sp³-hybridized carbons (Fsp3) is 0.111. The van der Waals surface area contributed by atoms with Gasteiger partial charge in [-0.25, -0.2) is 9.78 Å². The lowest BCUT2D eigenvalue weighted by Gasteiger charge is -2.11. The van der Waals surface area contributed by atoms with Crippen LogP contribution < -0.4 is 11.1 Å². The number of anilines is 1. The number of benzene rings is 1. The minimum atomic E-state index is -1.04. The van der Waals surface area contributed by atoms with Crippen LogP contribution in [-0.4, -0.2) is 28.9 Å². The van der Waals surface area contributed by atoms with Crippen molar-refractivity contribution in [2.24, 2.45) is 5.73 Å². The normalized spacial score (nSPS) is 12.2. The number of hydrogen-bond acceptors (Lipinski definition) is 7. The average molecular weight is 401 g/mol. The number of nitrogens with one attached hydrogen (secondary N) is 1. The van der Waals surface area contributed by atoms with Crippen molar-refractivity contribution in [3.63, 3.8) is 0 Å². The van der Waals surface area contributed by atoms with Crippen LogP contribution in [0.15, 0.2) is 41.8 Å². The number of carbonyl (C=O) groups excluding carboxylic acids is 3. The number of aromatic nitrogens is 1. The van der Waals surface area contributed by atoms with Gasteiger partial charge in [0.25, 0.3) is 11.8 Å². The summed E-state index contributed by atoms with van der Waals surface area (Å²) in [6.07, 6.45) is 1.73. The Bertz CT molecular complexity index is 1010. The van der Waals surface area contributed by atoms with Crippen LogP contribution in [0.3, 0.4) is 0 Å². The standard InChI is InChI=1S/C18H15N3O4S2/c1-10(17(24)21-18-11(16(19)23)8-9-26-18)25-15(22)7-6-14-20-12-4-2-3-5-13(12)27-14/h2-10H,1H3,(H2,19,23)(H,21,24)/b7-6+/t10-/m1/s1. The molecule has 1 atom stereocenters. The van der Waals surface area contributed by atoms with Crippen LogP contribution in [0.25, 0.3) is 16.3 Å². The number of fused-ring (bicyclic) bond motifs is 1. The largest absolute Gasteiger partial charge is 0.449 e. The molecule has 3 rings (SSSR count). The van der Waals surface area contributed by atoms with Gasteiger partial charge in [0, 0.05) is 6.08 Å². The van der Waals surface area contributed by atoms with E-state index >= 15 is 0 Å². The first-order chi connectivity index (χ1) is 12.9. The van der Waals surface area contributed by atoms with Gasteiger partial charge in [0.15, 0.2) is 6.10 Å². The third-order valence-electron chi connectivity index (χ3n) is 3.50. The van der Waals surface area contributed by atoms with Crippen LogP contribution in [0.4, 0.5) is 5.00 Å². The maximum Gasteiger partial charge on any atom is 0.331 e. The van der Waals surface area contributed by atoms with Crippen molar-refractivity contribution in [1.29, 1.82) is 0 Å². The number of carbonyl (C=O) groups is 3. The topological polar surface area (TPSA) is 111 Å². The molecule has 0 fully saturated rings. The molecule has 0 radical (unpaired) electrons. The number of nitrogens with zero attached hydrogens (tertiary/aromatic N) is 1. The molecule has 3 N–H and O–H groups in total. The molecule has 0 aliphatic heterocycles. The molecule has 0 aliphatic carbocycles. The van der Waals surface area contributed by atoms with Gasteiger partial charge >= 0.3 is 5.97 Å². The van der Waals surface area contributed by atoms with Gasteiger partial charge in [0.2, 0.25) is 0 Å². The lowest BCUT2D eigenvalue weighted by atomic mass is 10.3. The summed E-state index contributed by atoms with van der Waals surface area (Å²) in [7, 11) is 0. The maximum atomic E-state index is 12.1. The van der Waals surface area contributed by atoms with E-state index in [9.17, 15) is 14.4 Å². The van der Waals surface area contributed by atoms with Crippen molar-refractivity contribution < 1.29 is 19.1 Å². The second-order valence-corrected chi connectivity index (χ2v) is 7.43. The van der Waals surface area contributed by atoms with E-state index in [1.54, 1.807) is 11.5 Å². The Morgan fingerprint density at radius 2 is 2.04 bits per heavy atom. The molecule has 0 aliphatic rings. The summed E-state index contributed by atoms with van der Waals surface area (Å²) in [5.41, 5.74) is 6.29. The molecule has 27 heavy (non-hydrogen) atoms. The molecule has 9 heteroatoms. The third kappa shape index (κ3) is 4.57. The molecule has 1 aromatic carbocycles. The number of amides is 2. The van der Waals surface area contributed by atoms with Crippen molar-refractivity contribution >= 4 is 61.8 Å². The number of hydrogen-bond donors (Lipinski definition) is 2. The van der Waals surface area contributed by atoms with Crippen molar-refractivity contribution in [1.82, 2.24) is 4.98 Å².